The third-order valence-electron chi connectivity index (χ3n) is 3.83. The van der Waals surface area contributed by atoms with Crippen LogP contribution in [0.4, 0.5) is 0 Å². The van der Waals surface area contributed by atoms with Crippen LogP contribution in [0.3, 0.4) is 0 Å². The van der Waals surface area contributed by atoms with Crippen molar-refractivity contribution in [3.05, 3.63) is 82.4 Å². The SMILES string of the molecule is C=CC[C@H](C(=N[S@@](=O)C(C)(C)C)c1ccc(Cl)cc1)c1cccc(Cl)c1. The standard InChI is InChI=1S/C21H23Cl2NOS/c1-5-7-19(16-8-6-9-18(23)14-16)20(24-26(25)21(2,3)4)15-10-12-17(22)13-11-15/h5-6,8-14,19H,1,7H2,2-4H3/t19-,26-/m0/s1. The van der Waals surface area contributed by atoms with Gasteiger partial charge in [0.2, 0.25) is 0 Å². The second kappa shape index (κ2) is 8.98. The molecule has 5 heteroatoms. The van der Waals surface area contributed by atoms with Crippen LogP contribution in [0.25, 0.3) is 0 Å². The predicted octanol–water partition coefficient (Wildman–Crippen LogP) is 6.60. The third-order valence-corrected chi connectivity index (χ3v) is 5.73. The van der Waals surface area contributed by atoms with Crippen molar-refractivity contribution in [1.29, 1.82) is 0 Å². The third kappa shape index (κ3) is 5.54. The van der Waals surface area contributed by atoms with Gasteiger partial charge in [-0.2, -0.15) is 4.40 Å². The van der Waals surface area contributed by atoms with Gasteiger partial charge in [0.25, 0.3) is 0 Å². The zero-order chi connectivity index (χ0) is 19.3. The highest BCUT2D eigenvalue weighted by atomic mass is 35.5. The molecule has 0 spiro atoms. The van der Waals surface area contributed by atoms with Crippen LogP contribution in [-0.2, 0) is 11.0 Å². The molecule has 2 aromatic carbocycles. The Labute approximate surface area is 168 Å². The highest BCUT2D eigenvalue weighted by Crippen LogP contribution is 2.29. The lowest BCUT2D eigenvalue weighted by molar-refractivity contribution is 0.650. The molecule has 0 unspecified atom stereocenters. The van der Waals surface area contributed by atoms with Gasteiger partial charge in [-0.1, -0.05) is 53.5 Å². The van der Waals surface area contributed by atoms with E-state index < -0.39 is 15.7 Å². The van der Waals surface area contributed by atoms with Crippen LogP contribution in [0.1, 0.15) is 44.2 Å². The van der Waals surface area contributed by atoms with Crippen LogP contribution in [0.15, 0.2) is 65.6 Å². The van der Waals surface area contributed by atoms with Gasteiger partial charge >= 0.3 is 0 Å². The van der Waals surface area contributed by atoms with Crippen molar-refractivity contribution in [3.63, 3.8) is 0 Å². The summed E-state index contributed by atoms with van der Waals surface area (Å²) in [6.07, 6.45) is 2.50. The summed E-state index contributed by atoms with van der Waals surface area (Å²) in [5, 5.41) is 1.30. The molecule has 2 nitrogen and oxygen atoms in total. The summed E-state index contributed by atoms with van der Waals surface area (Å²) < 4.78 is 16.9. The number of allylic oxidation sites excluding steroid dienone is 1. The molecule has 26 heavy (non-hydrogen) atoms. The van der Waals surface area contributed by atoms with Gasteiger partial charge in [-0.3, -0.25) is 0 Å². The summed E-state index contributed by atoms with van der Waals surface area (Å²) in [4.78, 5) is 0. The lowest BCUT2D eigenvalue weighted by Crippen LogP contribution is -2.23. The molecular weight excluding hydrogens is 385 g/mol. The van der Waals surface area contributed by atoms with Crippen molar-refractivity contribution < 1.29 is 4.21 Å². The van der Waals surface area contributed by atoms with Gasteiger partial charge in [-0.25, -0.2) is 4.21 Å². The van der Waals surface area contributed by atoms with Gasteiger partial charge in [0.05, 0.1) is 10.5 Å². The Morgan fingerprint density at radius 1 is 1.15 bits per heavy atom. The Kier molecular flexibility index (Phi) is 7.22. The van der Waals surface area contributed by atoms with Gasteiger partial charge in [0, 0.05) is 16.0 Å². The Morgan fingerprint density at radius 2 is 1.81 bits per heavy atom. The number of hydrogen-bond donors (Lipinski definition) is 0. The van der Waals surface area contributed by atoms with Crippen LogP contribution >= 0.6 is 23.2 Å². The van der Waals surface area contributed by atoms with E-state index in [1.165, 1.54) is 0 Å². The average molecular weight is 408 g/mol. The molecule has 0 saturated carbocycles. The monoisotopic (exact) mass is 407 g/mol. The molecule has 0 N–H and O–H groups in total. The lowest BCUT2D eigenvalue weighted by Gasteiger charge is -2.21. The minimum absolute atomic E-state index is 0.0984. The van der Waals surface area contributed by atoms with Gasteiger partial charge in [-0.05, 0) is 62.6 Å². The zero-order valence-corrected chi connectivity index (χ0v) is 17.5. The Balaban J connectivity index is 2.62. The van der Waals surface area contributed by atoms with E-state index in [0.717, 1.165) is 16.8 Å². The summed E-state index contributed by atoms with van der Waals surface area (Å²) >= 11 is 12.2. The first-order chi connectivity index (χ1) is 12.2. The van der Waals surface area contributed by atoms with E-state index in [-0.39, 0.29) is 5.92 Å². The fourth-order valence-corrected chi connectivity index (χ4v) is 3.47. The molecule has 0 aliphatic rings. The van der Waals surface area contributed by atoms with E-state index >= 15 is 0 Å². The van der Waals surface area contributed by atoms with Crippen molar-refractivity contribution in [3.8, 4) is 0 Å². The van der Waals surface area contributed by atoms with E-state index in [2.05, 4.69) is 11.0 Å². The molecular formula is C21H23Cl2NOS. The maximum atomic E-state index is 12.8. The molecule has 138 valence electrons. The second-order valence-electron chi connectivity index (χ2n) is 6.98. The predicted molar refractivity (Wildman–Crippen MR) is 115 cm³/mol. The maximum Gasteiger partial charge on any atom is 0.145 e. The van der Waals surface area contributed by atoms with E-state index in [1.54, 1.807) is 0 Å². The van der Waals surface area contributed by atoms with Gasteiger partial charge in [-0.15, -0.1) is 6.58 Å². The van der Waals surface area contributed by atoms with Gasteiger partial charge < -0.3 is 0 Å². The molecule has 0 fully saturated rings. The van der Waals surface area contributed by atoms with E-state index in [9.17, 15) is 4.21 Å². The summed E-state index contributed by atoms with van der Waals surface area (Å²) in [7, 11) is -1.39. The van der Waals surface area contributed by atoms with Crippen LogP contribution in [0.5, 0.6) is 0 Å². The number of benzene rings is 2. The van der Waals surface area contributed by atoms with Crippen molar-refractivity contribution in [2.45, 2.75) is 37.9 Å². The number of hydrogen-bond acceptors (Lipinski definition) is 1. The minimum Gasteiger partial charge on any atom is -0.234 e. The topological polar surface area (TPSA) is 29.4 Å². The first-order valence-electron chi connectivity index (χ1n) is 8.35. The first-order valence-corrected chi connectivity index (χ1v) is 10.2. The molecule has 2 atom stereocenters. The van der Waals surface area contributed by atoms with Crippen molar-refractivity contribution in [1.82, 2.24) is 0 Å². The van der Waals surface area contributed by atoms with Crippen molar-refractivity contribution >= 4 is 39.9 Å². The van der Waals surface area contributed by atoms with Crippen molar-refractivity contribution in [2.24, 2.45) is 4.40 Å². The van der Waals surface area contributed by atoms with Crippen LogP contribution < -0.4 is 0 Å². The molecule has 0 amide bonds. The van der Waals surface area contributed by atoms with Gasteiger partial charge in [0.15, 0.2) is 0 Å². The molecule has 0 aliphatic carbocycles. The fourth-order valence-electron chi connectivity index (χ4n) is 2.46. The van der Waals surface area contributed by atoms with Crippen LogP contribution in [-0.4, -0.2) is 14.7 Å². The second-order valence-corrected chi connectivity index (χ2v) is 9.76. The minimum atomic E-state index is -1.39. The molecule has 0 aromatic heterocycles. The quantitative estimate of drug-likeness (QED) is 0.391. The smallest absolute Gasteiger partial charge is 0.145 e. The number of rotatable bonds is 6. The van der Waals surface area contributed by atoms with Gasteiger partial charge in [0.1, 0.15) is 11.0 Å². The average Bonchev–Trinajstić information content (AvgIpc) is 2.58. The zero-order valence-electron chi connectivity index (χ0n) is 15.2. The van der Waals surface area contributed by atoms with Crippen molar-refractivity contribution in [2.75, 3.05) is 0 Å². The molecule has 0 radical (unpaired) electrons. The highest BCUT2D eigenvalue weighted by molar-refractivity contribution is 7.85. The summed E-state index contributed by atoms with van der Waals surface area (Å²) in [5.41, 5.74) is 2.65. The molecule has 2 aromatic rings. The molecule has 0 bridgehead atoms. The molecule has 0 saturated heterocycles. The summed E-state index contributed by atoms with van der Waals surface area (Å²) in [6, 6.07) is 15.1. The van der Waals surface area contributed by atoms with E-state index in [4.69, 9.17) is 23.2 Å². The molecule has 0 heterocycles. The Bertz CT molecular complexity index is 823. The normalized spacial score (nSPS) is 14.7. The first kappa shape index (κ1) is 20.9. The van der Waals surface area contributed by atoms with Crippen LogP contribution in [0, 0.1) is 0 Å². The number of halogens is 2. The maximum absolute atomic E-state index is 12.8. The largest absolute Gasteiger partial charge is 0.234 e. The van der Waals surface area contributed by atoms with E-state index in [0.29, 0.717) is 16.5 Å². The Hall–Kier alpha value is -1.42. The summed E-state index contributed by atoms with van der Waals surface area (Å²) in [5.74, 6) is -0.0984. The number of nitrogens with zero attached hydrogens (tertiary/aromatic N) is 1. The molecule has 2 rings (SSSR count). The fraction of sp³-hybridized carbons (Fsp3) is 0.286. The Morgan fingerprint density at radius 3 is 2.35 bits per heavy atom. The van der Waals surface area contributed by atoms with Crippen LogP contribution in [0.2, 0.25) is 10.0 Å². The summed E-state index contributed by atoms with van der Waals surface area (Å²) in [6.45, 7) is 9.61. The lowest BCUT2D eigenvalue weighted by atomic mass is 9.87. The highest BCUT2D eigenvalue weighted by Gasteiger charge is 2.25. The van der Waals surface area contributed by atoms with E-state index in [1.807, 2.05) is 75.4 Å². The molecule has 0 aliphatic heterocycles.